The maximum absolute atomic E-state index is 11.2. The van der Waals surface area contributed by atoms with Crippen molar-refractivity contribution in [3.63, 3.8) is 0 Å². The van der Waals surface area contributed by atoms with E-state index in [-0.39, 0.29) is 23.8 Å². The van der Waals surface area contributed by atoms with Crippen LogP contribution < -0.4 is 0 Å². The van der Waals surface area contributed by atoms with Crippen LogP contribution in [0.5, 0.6) is 0 Å². The van der Waals surface area contributed by atoms with E-state index in [1.807, 2.05) is 0 Å². The molecule has 1 aliphatic rings. The van der Waals surface area contributed by atoms with Gasteiger partial charge in [-0.3, -0.25) is 4.79 Å². The number of nitrogens with zero attached hydrogens (tertiary/aromatic N) is 1. The quantitative estimate of drug-likeness (QED) is 0.853. The van der Waals surface area contributed by atoms with Crippen molar-refractivity contribution >= 4 is 15.8 Å². The number of hydrogen-bond donors (Lipinski definition) is 1. The molecular weight excluding hydrogens is 246 g/mol. The van der Waals surface area contributed by atoms with Crippen molar-refractivity contribution < 1.29 is 22.7 Å². The van der Waals surface area contributed by atoms with Gasteiger partial charge in [0.1, 0.15) is 22.0 Å². The average Bonchev–Trinajstić information content (AvgIpc) is 2.65. The molecule has 0 radical (unpaired) electrons. The Morgan fingerprint density at radius 1 is 1.47 bits per heavy atom. The number of oxazole rings is 1. The molecule has 7 heteroatoms. The molecule has 1 aliphatic heterocycles. The average molecular weight is 259 g/mol. The summed E-state index contributed by atoms with van der Waals surface area (Å²) in [5.41, 5.74) is 0. The van der Waals surface area contributed by atoms with Crippen molar-refractivity contribution in [3.05, 3.63) is 17.8 Å². The molecule has 0 unspecified atom stereocenters. The second-order valence-electron chi connectivity index (χ2n) is 4.16. The number of hydrogen-bond acceptors (Lipinski definition) is 5. The van der Waals surface area contributed by atoms with Gasteiger partial charge in [0, 0.05) is 5.92 Å². The first-order valence-electron chi connectivity index (χ1n) is 5.33. The van der Waals surface area contributed by atoms with Crippen LogP contribution in [-0.2, 0) is 21.1 Å². The number of sulfone groups is 1. The summed E-state index contributed by atoms with van der Waals surface area (Å²) in [7, 11) is -2.90. The molecular formula is C10H13NO5S. The van der Waals surface area contributed by atoms with Crippen molar-refractivity contribution in [2.75, 3.05) is 11.5 Å². The highest BCUT2D eigenvalue weighted by atomic mass is 32.2. The molecule has 0 saturated carbocycles. The van der Waals surface area contributed by atoms with Gasteiger partial charge in [-0.1, -0.05) is 0 Å². The maximum Gasteiger partial charge on any atom is 0.311 e. The van der Waals surface area contributed by atoms with Gasteiger partial charge >= 0.3 is 5.97 Å². The third-order valence-corrected chi connectivity index (χ3v) is 4.52. The lowest BCUT2D eigenvalue weighted by molar-refractivity contribution is -0.136. The van der Waals surface area contributed by atoms with Crippen molar-refractivity contribution in [2.45, 2.75) is 25.2 Å². The second-order valence-corrected chi connectivity index (χ2v) is 6.47. The third-order valence-electron chi connectivity index (χ3n) is 2.80. The molecule has 0 aromatic carbocycles. The number of carboxylic acids is 1. The molecule has 2 heterocycles. The van der Waals surface area contributed by atoms with E-state index in [1.54, 1.807) is 0 Å². The fraction of sp³-hybridized carbons (Fsp3) is 0.600. The fourth-order valence-corrected chi connectivity index (χ4v) is 3.37. The Morgan fingerprint density at radius 3 is 2.71 bits per heavy atom. The molecule has 0 amide bonds. The molecule has 1 aromatic heterocycles. The summed E-state index contributed by atoms with van der Waals surface area (Å²) in [5.74, 6) is 0.0693. The summed E-state index contributed by atoms with van der Waals surface area (Å²) < 4.78 is 27.8. The number of rotatable bonds is 3. The zero-order valence-corrected chi connectivity index (χ0v) is 9.94. The van der Waals surface area contributed by atoms with Gasteiger partial charge in [0.05, 0.1) is 17.7 Å². The van der Waals surface area contributed by atoms with Crippen LogP contribution in [0.3, 0.4) is 0 Å². The zero-order valence-electron chi connectivity index (χ0n) is 9.13. The SMILES string of the molecule is O=C(O)Cc1cnc(C2CCS(=O)(=O)CC2)o1. The molecule has 1 fully saturated rings. The standard InChI is InChI=1S/C10H13NO5S/c12-9(13)5-8-6-11-10(16-8)7-1-3-17(14,15)4-2-7/h6-7H,1-5H2,(H,12,13). The first-order chi connectivity index (χ1) is 7.96. The summed E-state index contributed by atoms with van der Waals surface area (Å²) in [6.07, 6.45) is 2.19. The summed E-state index contributed by atoms with van der Waals surface area (Å²) in [6.45, 7) is 0. The lowest BCUT2D eigenvalue weighted by Gasteiger charge is -2.18. The van der Waals surface area contributed by atoms with E-state index in [9.17, 15) is 13.2 Å². The van der Waals surface area contributed by atoms with Crippen LogP contribution >= 0.6 is 0 Å². The van der Waals surface area contributed by atoms with Crippen molar-refractivity contribution in [3.8, 4) is 0 Å². The molecule has 94 valence electrons. The molecule has 6 nitrogen and oxygen atoms in total. The van der Waals surface area contributed by atoms with Crippen LogP contribution in [0.2, 0.25) is 0 Å². The smallest absolute Gasteiger partial charge is 0.311 e. The van der Waals surface area contributed by atoms with E-state index in [0.717, 1.165) is 0 Å². The molecule has 17 heavy (non-hydrogen) atoms. The Morgan fingerprint density at radius 2 is 2.12 bits per heavy atom. The molecule has 1 N–H and O–H groups in total. The number of aromatic nitrogens is 1. The van der Waals surface area contributed by atoms with Crippen molar-refractivity contribution in [2.24, 2.45) is 0 Å². The summed E-state index contributed by atoms with van der Waals surface area (Å²) in [5, 5.41) is 8.59. The Balaban J connectivity index is 2.04. The van der Waals surface area contributed by atoms with Crippen LogP contribution in [0, 0.1) is 0 Å². The van der Waals surface area contributed by atoms with Gasteiger partial charge in [0.2, 0.25) is 0 Å². The fourth-order valence-electron chi connectivity index (χ4n) is 1.88. The van der Waals surface area contributed by atoms with Crippen LogP contribution in [0.4, 0.5) is 0 Å². The largest absolute Gasteiger partial charge is 0.481 e. The van der Waals surface area contributed by atoms with E-state index >= 15 is 0 Å². The lowest BCUT2D eigenvalue weighted by atomic mass is 10.0. The molecule has 1 aromatic rings. The first-order valence-corrected chi connectivity index (χ1v) is 7.15. The van der Waals surface area contributed by atoms with Gasteiger partial charge in [-0.05, 0) is 12.8 Å². The Bertz CT molecular complexity index is 505. The number of aliphatic carboxylic acids is 1. The monoisotopic (exact) mass is 259 g/mol. The molecule has 1 saturated heterocycles. The second kappa shape index (κ2) is 4.48. The maximum atomic E-state index is 11.2. The number of carbonyl (C=O) groups is 1. The molecule has 2 rings (SSSR count). The highest BCUT2D eigenvalue weighted by Gasteiger charge is 2.27. The van der Waals surface area contributed by atoms with Crippen LogP contribution in [0.25, 0.3) is 0 Å². The van der Waals surface area contributed by atoms with E-state index in [0.29, 0.717) is 24.5 Å². The van der Waals surface area contributed by atoms with Crippen LogP contribution in [0.15, 0.2) is 10.6 Å². The summed E-state index contributed by atoms with van der Waals surface area (Å²) >= 11 is 0. The third kappa shape index (κ3) is 3.06. The Labute approximate surface area is 98.6 Å². The predicted octanol–water partition coefficient (Wildman–Crippen LogP) is 0.594. The van der Waals surface area contributed by atoms with Gasteiger partial charge < -0.3 is 9.52 Å². The van der Waals surface area contributed by atoms with Crippen LogP contribution in [-0.4, -0.2) is 36.0 Å². The minimum absolute atomic E-state index is 0.0129. The van der Waals surface area contributed by atoms with Crippen molar-refractivity contribution in [1.29, 1.82) is 0 Å². The Kier molecular flexibility index (Phi) is 3.19. The highest BCUT2D eigenvalue weighted by molar-refractivity contribution is 7.91. The summed E-state index contributed by atoms with van der Waals surface area (Å²) in [6, 6.07) is 0. The first kappa shape index (κ1) is 12.1. The van der Waals surface area contributed by atoms with E-state index in [1.165, 1.54) is 6.20 Å². The minimum atomic E-state index is -2.90. The van der Waals surface area contributed by atoms with E-state index in [2.05, 4.69) is 4.98 Å². The number of carboxylic acid groups (broad SMARTS) is 1. The van der Waals surface area contributed by atoms with Crippen LogP contribution in [0.1, 0.15) is 30.4 Å². The van der Waals surface area contributed by atoms with Gasteiger partial charge in [-0.2, -0.15) is 0 Å². The summed E-state index contributed by atoms with van der Waals surface area (Å²) in [4.78, 5) is 14.5. The normalized spacial score (nSPS) is 20.2. The van der Waals surface area contributed by atoms with Gasteiger partial charge in [0.25, 0.3) is 0 Å². The highest BCUT2D eigenvalue weighted by Crippen LogP contribution is 2.28. The van der Waals surface area contributed by atoms with Gasteiger partial charge in [0.15, 0.2) is 5.89 Å². The molecule has 0 bridgehead atoms. The molecule has 0 atom stereocenters. The Hall–Kier alpha value is -1.37. The topological polar surface area (TPSA) is 97.5 Å². The molecule has 0 spiro atoms. The lowest BCUT2D eigenvalue weighted by Crippen LogP contribution is -2.22. The van der Waals surface area contributed by atoms with E-state index < -0.39 is 15.8 Å². The minimum Gasteiger partial charge on any atom is -0.481 e. The predicted molar refractivity (Wildman–Crippen MR) is 58.5 cm³/mol. The zero-order chi connectivity index (χ0) is 12.5. The van der Waals surface area contributed by atoms with E-state index in [4.69, 9.17) is 9.52 Å². The van der Waals surface area contributed by atoms with Gasteiger partial charge in [-0.15, -0.1) is 0 Å². The molecule has 0 aliphatic carbocycles. The van der Waals surface area contributed by atoms with Crippen molar-refractivity contribution in [1.82, 2.24) is 4.98 Å². The van der Waals surface area contributed by atoms with Gasteiger partial charge in [-0.25, -0.2) is 13.4 Å².